The van der Waals surface area contributed by atoms with E-state index in [-0.39, 0.29) is 29.7 Å². The second-order valence-electron chi connectivity index (χ2n) is 6.06. The van der Waals surface area contributed by atoms with Crippen LogP contribution < -0.4 is 5.32 Å². The Morgan fingerprint density at radius 2 is 2.07 bits per heavy atom. The second kappa shape index (κ2) is 8.33. The minimum absolute atomic E-state index is 0.00877. The Hall–Kier alpha value is -2.69. The fourth-order valence-electron chi connectivity index (χ4n) is 2.81. The van der Waals surface area contributed by atoms with Crippen molar-refractivity contribution in [2.24, 2.45) is 0 Å². The summed E-state index contributed by atoms with van der Waals surface area (Å²) < 4.78 is 32.8. The van der Waals surface area contributed by atoms with E-state index in [1.807, 2.05) is 6.07 Å². The summed E-state index contributed by atoms with van der Waals surface area (Å²) in [6.07, 6.45) is -0.429. The molecule has 140 valence electrons. The van der Waals surface area contributed by atoms with Crippen molar-refractivity contribution in [2.45, 2.75) is 12.6 Å². The number of nitrogens with one attached hydrogen (secondary N) is 1. The lowest BCUT2D eigenvalue weighted by molar-refractivity contribution is -0.0155. The fourth-order valence-corrected chi connectivity index (χ4v) is 3.00. The molecule has 2 amide bonds. The molecule has 0 aromatic heterocycles. The van der Waals surface area contributed by atoms with E-state index in [4.69, 9.17) is 21.6 Å². The van der Waals surface area contributed by atoms with Crippen molar-refractivity contribution in [3.05, 3.63) is 69.7 Å². The third kappa shape index (κ3) is 4.54. The summed E-state index contributed by atoms with van der Waals surface area (Å²) in [5.74, 6) is -1.01. The molecule has 1 N–H and O–H groups in total. The zero-order valence-corrected chi connectivity index (χ0v) is 15.0. The van der Waals surface area contributed by atoms with Crippen molar-refractivity contribution in [1.82, 2.24) is 10.2 Å². The van der Waals surface area contributed by atoms with Crippen molar-refractivity contribution in [2.75, 3.05) is 19.7 Å². The van der Waals surface area contributed by atoms with Crippen LogP contribution >= 0.6 is 11.6 Å². The lowest BCUT2D eigenvalue weighted by Gasteiger charge is -2.33. The minimum atomic E-state index is -0.521. The molecule has 8 heteroatoms. The first kappa shape index (κ1) is 19.1. The first-order valence-corrected chi connectivity index (χ1v) is 8.63. The van der Waals surface area contributed by atoms with Crippen molar-refractivity contribution >= 4 is 17.6 Å². The first-order chi connectivity index (χ1) is 13.0. The predicted molar refractivity (Wildman–Crippen MR) is 95.0 cm³/mol. The van der Waals surface area contributed by atoms with Crippen LogP contribution in [0.3, 0.4) is 0 Å². The van der Waals surface area contributed by atoms with Crippen molar-refractivity contribution < 1.29 is 18.3 Å². The highest BCUT2D eigenvalue weighted by atomic mass is 35.5. The summed E-state index contributed by atoms with van der Waals surface area (Å²) in [6.45, 7) is 0.905. The molecule has 3 rings (SSSR count). The van der Waals surface area contributed by atoms with Gasteiger partial charge in [-0.05, 0) is 35.9 Å². The molecular formula is C19H16ClF2N3O2. The molecule has 0 unspecified atom stereocenters. The molecular weight excluding hydrogens is 376 g/mol. The van der Waals surface area contributed by atoms with Gasteiger partial charge in [0.1, 0.15) is 17.7 Å². The molecule has 1 saturated heterocycles. The standard InChI is InChI=1S/C19H16ClF2N3O2/c20-15-8-13(2-4-17(15)22)18-11-25(5-6-27-18)19(26)24-10-14-7-12(9-23)1-3-16(14)21/h1-4,7-8,18H,5-6,10-11H2,(H,24,26)/t18-/m1/s1. The van der Waals surface area contributed by atoms with Crippen LogP contribution in [0, 0.1) is 23.0 Å². The van der Waals surface area contributed by atoms with E-state index in [2.05, 4.69) is 5.32 Å². The number of hydrogen-bond acceptors (Lipinski definition) is 3. The topological polar surface area (TPSA) is 65.4 Å². The van der Waals surface area contributed by atoms with E-state index in [0.717, 1.165) is 0 Å². The Balaban J connectivity index is 1.63. The molecule has 2 aromatic rings. The van der Waals surface area contributed by atoms with Crippen LogP contribution in [0.5, 0.6) is 0 Å². The zero-order valence-electron chi connectivity index (χ0n) is 14.2. The van der Waals surface area contributed by atoms with Crippen LogP contribution in [0.2, 0.25) is 5.02 Å². The molecule has 0 aliphatic carbocycles. The van der Waals surface area contributed by atoms with Gasteiger partial charge >= 0.3 is 6.03 Å². The molecule has 2 aromatic carbocycles. The molecule has 0 bridgehead atoms. The number of benzene rings is 2. The monoisotopic (exact) mass is 391 g/mol. The highest BCUT2D eigenvalue weighted by Crippen LogP contribution is 2.26. The number of urea groups is 1. The predicted octanol–water partition coefficient (Wildman–Crippen LogP) is 3.77. The number of carbonyl (C=O) groups excluding carboxylic acids is 1. The molecule has 1 fully saturated rings. The number of rotatable bonds is 3. The maximum absolute atomic E-state index is 13.8. The normalized spacial score (nSPS) is 16.7. The number of ether oxygens (including phenoxy) is 1. The third-order valence-corrected chi connectivity index (χ3v) is 4.56. The van der Waals surface area contributed by atoms with Gasteiger partial charge in [0, 0.05) is 18.7 Å². The summed E-state index contributed by atoms with van der Waals surface area (Å²) in [6, 6.07) is 9.83. The number of amides is 2. The lowest BCUT2D eigenvalue weighted by Crippen LogP contribution is -2.47. The van der Waals surface area contributed by atoms with Gasteiger partial charge in [-0.2, -0.15) is 5.26 Å². The quantitative estimate of drug-likeness (QED) is 0.866. The van der Waals surface area contributed by atoms with E-state index >= 15 is 0 Å². The molecule has 0 spiro atoms. The smallest absolute Gasteiger partial charge is 0.317 e. The number of nitriles is 1. The van der Waals surface area contributed by atoms with Gasteiger partial charge in [0.15, 0.2) is 0 Å². The Bertz CT molecular complexity index is 901. The summed E-state index contributed by atoms with van der Waals surface area (Å²) in [4.78, 5) is 14.0. The summed E-state index contributed by atoms with van der Waals surface area (Å²) >= 11 is 5.81. The Morgan fingerprint density at radius 3 is 2.81 bits per heavy atom. The van der Waals surface area contributed by atoms with Gasteiger partial charge in [0.2, 0.25) is 0 Å². The molecule has 1 aliphatic heterocycles. The average molecular weight is 392 g/mol. The second-order valence-corrected chi connectivity index (χ2v) is 6.46. The maximum Gasteiger partial charge on any atom is 0.317 e. The van der Waals surface area contributed by atoms with E-state index in [0.29, 0.717) is 24.3 Å². The number of hydrogen-bond donors (Lipinski definition) is 1. The van der Waals surface area contributed by atoms with Gasteiger partial charge in [-0.3, -0.25) is 0 Å². The Labute approximate surface area is 160 Å². The van der Waals surface area contributed by atoms with E-state index < -0.39 is 17.7 Å². The molecule has 0 radical (unpaired) electrons. The van der Waals surface area contributed by atoms with Gasteiger partial charge in [-0.25, -0.2) is 13.6 Å². The molecule has 0 saturated carbocycles. The van der Waals surface area contributed by atoms with Gasteiger partial charge < -0.3 is 15.0 Å². The zero-order chi connectivity index (χ0) is 19.4. The molecule has 27 heavy (non-hydrogen) atoms. The Kier molecular flexibility index (Phi) is 5.89. The SMILES string of the molecule is N#Cc1ccc(F)c(CNC(=O)N2CCO[C@@H](c3ccc(F)c(Cl)c3)C2)c1. The Morgan fingerprint density at radius 1 is 1.30 bits per heavy atom. The number of morpholine rings is 1. The van der Waals surface area contributed by atoms with Crippen LogP contribution in [0.4, 0.5) is 13.6 Å². The lowest BCUT2D eigenvalue weighted by atomic mass is 10.1. The van der Waals surface area contributed by atoms with Crippen molar-refractivity contribution in [1.29, 1.82) is 5.26 Å². The first-order valence-electron chi connectivity index (χ1n) is 8.26. The summed E-state index contributed by atoms with van der Waals surface area (Å²) in [7, 11) is 0. The highest BCUT2D eigenvalue weighted by Gasteiger charge is 2.26. The minimum Gasteiger partial charge on any atom is -0.370 e. The van der Waals surface area contributed by atoms with Crippen LogP contribution in [-0.4, -0.2) is 30.6 Å². The van der Waals surface area contributed by atoms with Gasteiger partial charge in [-0.1, -0.05) is 17.7 Å². The van der Waals surface area contributed by atoms with Crippen LogP contribution in [0.1, 0.15) is 22.8 Å². The van der Waals surface area contributed by atoms with Crippen LogP contribution in [0.15, 0.2) is 36.4 Å². The highest BCUT2D eigenvalue weighted by molar-refractivity contribution is 6.30. The fraction of sp³-hybridized carbons (Fsp3) is 0.263. The van der Waals surface area contributed by atoms with Crippen molar-refractivity contribution in [3.63, 3.8) is 0 Å². The summed E-state index contributed by atoms with van der Waals surface area (Å²) in [5.41, 5.74) is 1.23. The molecule has 1 aliphatic rings. The van der Waals surface area contributed by atoms with Gasteiger partial charge in [0.25, 0.3) is 0 Å². The number of carbonyl (C=O) groups is 1. The van der Waals surface area contributed by atoms with Gasteiger partial charge in [0.05, 0.1) is 29.8 Å². The maximum atomic E-state index is 13.8. The molecule has 1 atom stereocenters. The molecule has 5 nitrogen and oxygen atoms in total. The van der Waals surface area contributed by atoms with E-state index in [1.54, 1.807) is 6.07 Å². The third-order valence-electron chi connectivity index (χ3n) is 4.27. The van der Waals surface area contributed by atoms with Crippen LogP contribution in [-0.2, 0) is 11.3 Å². The number of halogens is 3. The molecule has 1 heterocycles. The van der Waals surface area contributed by atoms with E-state index in [9.17, 15) is 13.6 Å². The van der Waals surface area contributed by atoms with Crippen LogP contribution in [0.25, 0.3) is 0 Å². The summed E-state index contributed by atoms with van der Waals surface area (Å²) in [5, 5.41) is 11.5. The number of nitrogens with zero attached hydrogens (tertiary/aromatic N) is 2. The van der Waals surface area contributed by atoms with Gasteiger partial charge in [-0.15, -0.1) is 0 Å². The largest absolute Gasteiger partial charge is 0.370 e. The average Bonchev–Trinajstić information content (AvgIpc) is 2.69. The van der Waals surface area contributed by atoms with Crippen molar-refractivity contribution in [3.8, 4) is 6.07 Å². The van der Waals surface area contributed by atoms with E-state index in [1.165, 1.54) is 35.2 Å².